The summed E-state index contributed by atoms with van der Waals surface area (Å²) in [5.74, 6) is 0.596. The van der Waals surface area contributed by atoms with Crippen molar-refractivity contribution in [3.63, 3.8) is 0 Å². The van der Waals surface area contributed by atoms with Gasteiger partial charge in [0.15, 0.2) is 6.10 Å². The maximum atomic E-state index is 8.88. The molecule has 0 saturated heterocycles. The molecule has 14 heavy (non-hydrogen) atoms. The zero-order valence-corrected chi connectivity index (χ0v) is 8.03. The monoisotopic (exact) mass is 194 g/mol. The zero-order valence-electron chi connectivity index (χ0n) is 8.03. The van der Waals surface area contributed by atoms with Crippen LogP contribution in [-0.4, -0.2) is 17.0 Å². The largest absolute Gasteiger partial charge is 0.483 e. The van der Waals surface area contributed by atoms with Crippen LogP contribution in [0.15, 0.2) is 24.3 Å². The summed E-state index contributed by atoms with van der Waals surface area (Å²) in [6.07, 6.45) is -0.441. The molecular weight excluding hydrogens is 180 g/mol. The Bertz CT molecular complexity index is 326. The van der Waals surface area contributed by atoms with Crippen LogP contribution in [0.25, 0.3) is 0 Å². The van der Waals surface area contributed by atoms with E-state index in [-0.39, 0.29) is 12.4 Å². The lowest BCUT2D eigenvalue weighted by Gasteiger charge is -2.13. The van der Waals surface area contributed by atoms with Gasteiger partial charge in [0.1, 0.15) is 11.6 Å². The van der Waals surface area contributed by atoms with Crippen LogP contribution in [0.4, 0.5) is 0 Å². The van der Waals surface area contributed by atoms with Gasteiger partial charge in [-0.3, -0.25) is 5.41 Å². The van der Waals surface area contributed by atoms with Crippen molar-refractivity contribution in [2.75, 3.05) is 0 Å². The summed E-state index contributed by atoms with van der Waals surface area (Å²) < 4.78 is 5.36. The van der Waals surface area contributed by atoms with E-state index in [4.69, 9.17) is 21.0 Å². The van der Waals surface area contributed by atoms with Gasteiger partial charge in [-0.1, -0.05) is 12.1 Å². The van der Waals surface area contributed by atoms with Gasteiger partial charge in [0.2, 0.25) is 0 Å². The Balaban J connectivity index is 2.71. The third kappa shape index (κ3) is 2.74. The quantitative estimate of drug-likeness (QED) is 0.491. The molecule has 1 aromatic rings. The first-order valence-corrected chi connectivity index (χ1v) is 4.34. The molecule has 0 heterocycles. The van der Waals surface area contributed by atoms with E-state index in [0.717, 1.165) is 5.56 Å². The van der Waals surface area contributed by atoms with E-state index in [0.29, 0.717) is 5.75 Å². The van der Waals surface area contributed by atoms with Gasteiger partial charge in [-0.15, -0.1) is 0 Å². The number of benzene rings is 1. The van der Waals surface area contributed by atoms with Crippen molar-refractivity contribution in [1.82, 2.24) is 0 Å². The minimum absolute atomic E-state index is 0.0144. The van der Waals surface area contributed by atoms with E-state index >= 15 is 0 Å². The highest BCUT2D eigenvalue weighted by Crippen LogP contribution is 2.14. The summed E-state index contributed by atoms with van der Waals surface area (Å²) in [7, 11) is 0. The van der Waals surface area contributed by atoms with Crippen molar-refractivity contribution in [2.24, 2.45) is 5.73 Å². The molecule has 0 amide bonds. The molecule has 76 valence electrons. The van der Waals surface area contributed by atoms with Gasteiger partial charge < -0.3 is 15.6 Å². The molecular formula is C10H14N2O2. The van der Waals surface area contributed by atoms with Crippen molar-refractivity contribution in [1.29, 1.82) is 5.41 Å². The maximum Gasteiger partial charge on any atom is 0.152 e. The lowest BCUT2D eigenvalue weighted by atomic mass is 10.2. The number of aliphatic hydroxyl groups is 1. The van der Waals surface area contributed by atoms with Gasteiger partial charge in [-0.05, 0) is 24.6 Å². The normalized spacial score (nSPS) is 12.1. The van der Waals surface area contributed by atoms with Crippen LogP contribution >= 0.6 is 0 Å². The molecule has 0 saturated carbocycles. The fourth-order valence-corrected chi connectivity index (χ4v) is 0.985. The Hall–Kier alpha value is -1.55. The Morgan fingerprint density at radius 3 is 2.93 bits per heavy atom. The summed E-state index contributed by atoms with van der Waals surface area (Å²) >= 11 is 0. The summed E-state index contributed by atoms with van der Waals surface area (Å²) in [5, 5.41) is 16.0. The summed E-state index contributed by atoms with van der Waals surface area (Å²) in [4.78, 5) is 0. The Morgan fingerprint density at radius 1 is 1.64 bits per heavy atom. The van der Waals surface area contributed by atoms with Crippen LogP contribution in [0.3, 0.4) is 0 Å². The minimum atomic E-state index is -0.441. The van der Waals surface area contributed by atoms with Gasteiger partial charge in [0, 0.05) is 0 Å². The van der Waals surface area contributed by atoms with E-state index in [9.17, 15) is 0 Å². The molecule has 0 radical (unpaired) electrons. The Labute approximate surface area is 82.8 Å². The van der Waals surface area contributed by atoms with E-state index < -0.39 is 6.10 Å². The van der Waals surface area contributed by atoms with Crippen LogP contribution in [0.2, 0.25) is 0 Å². The number of ether oxygens (including phenoxy) is 1. The van der Waals surface area contributed by atoms with Crippen molar-refractivity contribution in [2.45, 2.75) is 19.6 Å². The third-order valence-electron chi connectivity index (χ3n) is 1.83. The van der Waals surface area contributed by atoms with Gasteiger partial charge in [-0.2, -0.15) is 0 Å². The molecule has 0 fully saturated rings. The van der Waals surface area contributed by atoms with Crippen molar-refractivity contribution >= 4 is 5.84 Å². The van der Waals surface area contributed by atoms with Crippen LogP contribution in [0.1, 0.15) is 12.5 Å². The van der Waals surface area contributed by atoms with Crippen LogP contribution in [-0.2, 0) is 6.61 Å². The first-order chi connectivity index (χ1) is 6.63. The molecule has 4 N–H and O–H groups in total. The van der Waals surface area contributed by atoms with Gasteiger partial charge in [-0.25, -0.2) is 0 Å². The maximum absolute atomic E-state index is 8.88. The minimum Gasteiger partial charge on any atom is -0.483 e. The number of nitrogens with one attached hydrogen (secondary N) is 1. The average Bonchev–Trinajstić information content (AvgIpc) is 2.18. The Morgan fingerprint density at radius 2 is 2.36 bits per heavy atom. The fraction of sp³-hybridized carbons (Fsp3) is 0.300. The first kappa shape index (κ1) is 10.5. The van der Waals surface area contributed by atoms with Crippen LogP contribution in [0.5, 0.6) is 5.75 Å². The summed E-state index contributed by atoms with van der Waals surface area (Å²) in [6, 6.07) is 7.07. The summed E-state index contributed by atoms with van der Waals surface area (Å²) in [6.45, 7) is 1.68. The van der Waals surface area contributed by atoms with Crippen LogP contribution < -0.4 is 10.5 Å². The molecule has 0 aromatic heterocycles. The van der Waals surface area contributed by atoms with Crippen molar-refractivity contribution in [3.05, 3.63) is 29.8 Å². The molecule has 4 nitrogen and oxygen atoms in total. The standard InChI is InChI=1S/C10H14N2O2/c1-7(10(11)12)14-9-4-2-3-8(5-9)6-13/h2-5,7,13H,6H2,1H3,(H3,11,12). The number of hydrogen-bond donors (Lipinski definition) is 3. The highest BCUT2D eigenvalue weighted by atomic mass is 16.5. The molecule has 0 aliphatic carbocycles. The Kier molecular flexibility index (Phi) is 3.48. The molecule has 1 unspecified atom stereocenters. The summed E-state index contributed by atoms with van der Waals surface area (Å²) in [5.41, 5.74) is 6.04. The van der Waals surface area contributed by atoms with Gasteiger partial charge in [0.25, 0.3) is 0 Å². The highest BCUT2D eigenvalue weighted by Gasteiger charge is 2.06. The fourth-order valence-electron chi connectivity index (χ4n) is 0.985. The molecule has 0 spiro atoms. The molecule has 4 heteroatoms. The second-order valence-electron chi connectivity index (χ2n) is 3.02. The van der Waals surface area contributed by atoms with Gasteiger partial charge in [0.05, 0.1) is 6.61 Å². The zero-order chi connectivity index (χ0) is 10.6. The lowest BCUT2D eigenvalue weighted by Crippen LogP contribution is -2.30. The average molecular weight is 194 g/mol. The number of rotatable bonds is 4. The topological polar surface area (TPSA) is 79.3 Å². The van der Waals surface area contributed by atoms with Crippen molar-refractivity contribution < 1.29 is 9.84 Å². The molecule has 0 aliphatic rings. The van der Waals surface area contributed by atoms with E-state index in [2.05, 4.69) is 0 Å². The van der Waals surface area contributed by atoms with E-state index in [1.165, 1.54) is 0 Å². The lowest BCUT2D eigenvalue weighted by molar-refractivity contribution is 0.273. The van der Waals surface area contributed by atoms with E-state index in [1.807, 2.05) is 0 Å². The molecule has 0 bridgehead atoms. The van der Waals surface area contributed by atoms with Crippen LogP contribution in [0, 0.1) is 5.41 Å². The van der Waals surface area contributed by atoms with Gasteiger partial charge >= 0.3 is 0 Å². The predicted molar refractivity (Wildman–Crippen MR) is 54.4 cm³/mol. The van der Waals surface area contributed by atoms with E-state index in [1.54, 1.807) is 31.2 Å². The number of hydrogen-bond acceptors (Lipinski definition) is 3. The highest BCUT2D eigenvalue weighted by molar-refractivity contribution is 5.81. The van der Waals surface area contributed by atoms with Crippen molar-refractivity contribution in [3.8, 4) is 5.75 Å². The second kappa shape index (κ2) is 4.62. The first-order valence-electron chi connectivity index (χ1n) is 4.34. The smallest absolute Gasteiger partial charge is 0.152 e. The number of aliphatic hydroxyl groups excluding tert-OH is 1. The second-order valence-corrected chi connectivity index (χ2v) is 3.02. The molecule has 0 aliphatic heterocycles. The number of amidine groups is 1. The molecule has 1 atom stereocenters. The predicted octanol–water partition coefficient (Wildman–Crippen LogP) is 0.882. The third-order valence-corrected chi connectivity index (χ3v) is 1.83. The molecule has 1 rings (SSSR count). The SMILES string of the molecule is CC(Oc1cccc(CO)c1)C(=N)N. The number of nitrogens with two attached hydrogens (primary N) is 1. The molecule has 1 aromatic carbocycles.